The average Bonchev–Trinajstić information content (AvgIpc) is 3.12. The molecule has 0 N–H and O–H groups in total. The summed E-state index contributed by atoms with van der Waals surface area (Å²) in [5.74, 6) is 0.0705. The topological polar surface area (TPSA) is 76.3 Å². The number of fused-ring (bicyclic) bond motifs is 1. The number of nitro benzene ring substituents is 1. The largest absolute Gasteiger partial charge is 0.338 e. The van der Waals surface area contributed by atoms with E-state index in [1.807, 2.05) is 23.1 Å². The van der Waals surface area contributed by atoms with Crippen LogP contribution in [-0.2, 0) is 0 Å². The van der Waals surface area contributed by atoms with Crippen molar-refractivity contribution in [1.82, 2.24) is 9.88 Å². The summed E-state index contributed by atoms with van der Waals surface area (Å²) in [7, 11) is 0. The first kappa shape index (κ1) is 17.6. The van der Waals surface area contributed by atoms with Crippen LogP contribution < -0.4 is 0 Å². The van der Waals surface area contributed by atoms with E-state index in [-0.39, 0.29) is 17.5 Å². The number of thiazole rings is 1. The van der Waals surface area contributed by atoms with E-state index in [2.05, 4.69) is 6.07 Å². The number of para-hydroxylation sites is 1. The zero-order valence-electron chi connectivity index (χ0n) is 14.9. The molecule has 0 aliphatic carbocycles. The standard InChI is InChI=1S/C20H19N3O3S/c1-13-15(7-4-9-17(13)23(25)26)20(24)22-11-5-6-14(12-22)19-21-16-8-2-3-10-18(16)27-19/h2-4,7-10,14H,5-6,11-12H2,1H3. The summed E-state index contributed by atoms with van der Waals surface area (Å²) in [6.07, 6.45) is 1.90. The minimum absolute atomic E-state index is 0.0133. The Balaban J connectivity index is 1.59. The van der Waals surface area contributed by atoms with Gasteiger partial charge in [0.15, 0.2) is 0 Å². The molecule has 4 rings (SSSR count). The second-order valence-electron chi connectivity index (χ2n) is 6.82. The summed E-state index contributed by atoms with van der Waals surface area (Å²) in [5, 5.41) is 12.2. The van der Waals surface area contributed by atoms with Crippen molar-refractivity contribution >= 4 is 33.1 Å². The minimum Gasteiger partial charge on any atom is -0.338 e. The number of rotatable bonds is 3. The molecule has 1 saturated heterocycles. The minimum atomic E-state index is -0.438. The van der Waals surface area contributed by atoms with Crippen LogP contribution in [0.2, 0.25) is 0 Å². The molecule has 6 nitrogen and oxygen atoms in total. The summed E-state index contributed by atoms with van der Waals surface area (Å²) >= 11 is 1.68. The van der Waals surface area contributed by atoms with E-state index < -0.39 is 4.92 Å². The Morgan fingerprint density at radius 2 is 2.07 bits per heavy atom. The lowest BCUT2D eigenvalue weighted by atomic mass is 9.97. The van der Waals surface area contributed by atoms with Crippen molar-refractivity contribution in [2.24, 2.45) is 0 Å². The van der Waals surface area contributed by atoms with Crippen molar-refractivity contribution in [3.8, 4) is 0 Å². The molecule has 0 spiro atoms. The number of amides is 1. The monoisotopic (exact) mass is 381 g/mol. The molecule has 0 bridgehead atoms. The van der Waals surface area contributed by atoms with Crippen LogP contribution in [0.25, 0.3) is 10.2 Å². The third kappa shape index (κ3) is 3.30. The van der Waals surface area contributed by atoms with Crippen molar-refractivity contribution in [2.45, 2.75) is 25.7 Å². The van der Waals surface area contributed by atoms with Crippen molar-refractivity contribution in [1.29, 1.82) is 0 Å². The van der Waals surface area contributed by atoms with Crippen molar-refractivity contribution in [3.05, 3.63) is 68.7 Å². The van der Waals surface area contributed by atoms with E-state index in [9.17, 15) is 14.9 Å². The molecule has 2 heterocycles. The van der Waals surface area contributed by atoms with Crippen LogP contribution in [0, 0.1) is 17.0 Å². The molecule has 1 aliphatic rings. The molecule has 2 aromatic carbocycles. The van der Waals surface area contributed by atoms with Gasteiger partial charge in [-0.1, -0.05) is 18.2 Å². The molecule has 0 radical (unpaired) electrons. The highest BCUT2D eigenvalue weighted by atomic mass is 32.1. The molecule has 1 aromatic heterocycles. The quantitative estimate of drug-likeness (QED) is 0.493. The molecule has 1 unspecified atom stereocenters. The lowest BCUT2D eigenvalue weighted by Crippen LogP contribution is -2.39. The number of piperidine rings is 1. The molecule has 3 aromatic rings. The molecule has 138 valence electrons. The Morgan fingerprint density at radius 1 is 1.26 bits per heavy atom. The molecule has 1 atom stereocenters. The molecule has 1 fully saturated rings. The molecule has 0 saturated carbocycles. The van der Waals surface area contributed by atoms with Gasteiger partial charge in [0.25, 0.3) is 11.6 Å². The van der Waals surface area contributed by atoms with E-state index in [4.69, 9.17) is 4.98 Å². The summed E-state index contributed by atoms with van der Waals surface area (Å²) < 4.78 is 1.16. The van der Waals surface area contributed by atoms with E-state index in [0.717, 1.165) is 28.1 Å². The van der Waals surface area contributed by atoms with Gasteiger partial charge in [0.2, 0.25) is 0 Å². The third-order valence-electron chi connectivity index (χ3n) is 5.10. The van der Waals surface area contributed by atoms with Crippen molar-refractivity contribution in [3.63, 3.8) is 0 Å². The Bertz CT molecular complexity index is 997. The highest BCUT2D eigenvalue weighted by molar-refractivity contribution is 7.18. The number of benzene rings is 2. The van der Waals surface area contributed by atoms with Gasteiger partial charge >= 0.3 is 0 Å². The van der Waals surface area contributed by atoms with Crippen LogP contribution in [0.5, 0.6) is 0 Å². The summed E-state index contributed by atoms with van der Waals surface area (Å²) in [6, 6.07) is 12.7. The lowest BCUT2D eigenvalue weighted by molar-refractivity contribution is -0.385. The second-order valence-corrected chi connectivity index (χ2v) is 7.88. The predicted molar refractivity (Wildman–Crippen MR) is 105 cm³/mol. The maximum Gasteiger partial charge on any atom is 0.273 e. The first-order valence-corrected chi connectivity index (χ1v) is 9.75. The maximum atomic E-state index is 13.0. The number of nitro groups is 1. The number of aromatic nitrogens is 1. The van der Waals surface area contributed by atoms with Crippen LogP contribution >= 0.6 is 11.3 Å². The van der Waals surface area contributed by atoms with Gasteiger partial charge in [0.1, 0.15) is 0 Å². The van der Waals surface area contributed by atoms with Crippen LogP contribution in [0.15, 0.2) is 42.5 Å². The second kappa shape index (κ2) is 7.08. The maximum absolute atomic E-state index is 13.0. The van der Waals surface area contributed by atoms with Gasteiger partial charge in [0.05, 0.1) is 20.1 Å². The number of carbonyl (C=O) groups excluding carboxylic acids is 1. The van der Waals surface area contributed by atoms with Crippen molar-refractivity contribution < 1.29 is 9.72 Å². The van der Waals surface area contributed by atoms with E-state index in [1.54, 1.807) is 30.4 Å². The Morgan fingerprint density at radius 3 is 2.85 bits per heavy atom. The number of carbonyl (C=O) groups is 1. The smallest absolute Gasteiger partial charge is 0.273 e. The molecular formula is C20H19N3O3S. The normalized spacial score (nSPS) is 17.2. The Labute approximate surface area is 160 Å². The van der Waals surface area contributed by atoms with E-state index >= 15 is 0 Å². The first-order chi connectivity index (χ1) is 13.0. The van der Waals surface area contributed by atoms with Gasteiger partial charge in [-0.2, -0.15) is 0 Å². The van der Waals surface area contributed by atoms with Gasteiger partial charge in [-0.15, -0.1) is 11.3 Å². The Kier molecular flexibility index (Phi) is 4.61. The van der Waals surface area contributed by atoms with Crippen LogP contribution in [-0.4, -0.2) is 33.8 Å². The summed E-state index contributed by atoms with van der Waals surface area (Å²) in [5.41, 5.74) is 1.82. The molecule has 27 heavy (non-hydrogen) atoms. The van der Waals surface area contributed by atoms with Crippen molar-refractivity contribution in [2.75, 3.05) is 13.1 Å². The van der Waals surface area contributed by atoms with Gasteiger partial charge in [-0.3, -0.25) is 14.9 Å². The van der Waals surface area contributed by atoms with Gasteiger partial charge in [-0.05, 0) is 38.0 Å². The van der Waals surface area contributed by atoms with Crippen LogP contribution in [0.1, 0.15) is 39.7 Å². The lowest BCUT2D eigenvalue weighted by Gasteiger charge is -2.32. The van der Waals surface area contributed by atoms with Gasteiger partial charge in [0, 0.05) is 36.2 Å². The van der Waals surface area contributed by atoms with Crippen LogP contribution in [0.4, 0.5) is 5.69 Å². The van der Waals surface area contributed by atoms with E-state index in [0.29, 0.717) is 24.2 Å². The molecule has 7 heteroatoms. The average molecular weight is 381 g/mol. The predicted octanol–water partition coefficient (Wildman–Crippen LogP) is 4.53. The summed E-state index contributed by atoms with van der Waals surface area (Å²) in [6.45, 7) is 2.91. The number of hydrogen-bond donors (Lipinski definition) is 0. The highest BCUT2D eigenvalue weighted by Crippen LogP contribution is 2.34. The van der Waals surface area contributed by atoms with Gasteiger partial charge in [-0.25, -0.2) is 4.98 Å². The fraction of sp³-hybridized carbons (Fsp3) is 0.300. The number of likely N-dealkylation sites (tertiary alicyclic amines) is 1. The third-order valence-corrected chi connectivity index (χ3v) is 6.30. The zero-order valence-corrected chi connectivity index (χ0v) is 15.7. The number of nitrogens with zero attached hydrogens (tertiary/aromatic N) is 3. The zero-order chi connectivity index (χ0) is 19.0. The summed E-state index contributed by atoms with van der Waals surface area (Å²) in [4.78, 5) is 30.3. The first-order valence-electron chi connectivity index (χ1n) is 8.93. The SMILES string of the molecule is Cc1c(C(=O)N2CCCC(c3nc4ccccc4s3)C2)cccc1[N+](=O)[O-]. The fourth-order valence-electron chi connectivity index (χ4n) is 3.65. The molecular weight excluding hydrogens is 362 g/mol. The highest BCUT2D eigenvalue weighted by Gasteiger charge is 2.29. The van der Waals surface area contributed by atoms with Gasteiger partial charge < -0.3 is 4.90 Å². The van der Waals surface area contributed by atoms with Crippen LogP contribution in [0.3, 0.4) is 0 Å². The number of hydrogen-bond acceptors (Lipinski definition) is 5. The van der Waals surface area contributed by atoms with E-state index in [1.165, 1.54) is 6.07 Å². The molecule has 1 amide bonds. The fourth-order valence-corrected chi connectivity index (χ4v) is 4.74. The Hall–Kier alpha value is -2.80. The molecule has 1 aliphatic heterocycles.